The lowest BCUT2D eigenvalue weighted by Crippen LogP contribution is -2.34. The van der Waals surface area contributed by atoms with Crippen molar-refractivity contribution in [2.45, 2.75) is 13.0 Å². The molecule has 1 unspecified atom stereocenters. The first-order chi connectivity index (χ1) is 9.88. The van der Waals surface area contributed by atoms with E-state index in [1.165, 1.54) is 10.9 Å². The molecule has 1 heterocycles. The van der Waals surface area contributed by atoms with Gasteiger partial charge in [0.25, 0.3) is 5.91 Å². The first kappa shape index (κ1) is 14.6. The molecular weight excluding hydrogens is 272 g/mol. The molecule has 0 aliphatic heterocycles. The molecule has 21 heavy (non-hydrogen) atoms. The molecule has 0 aliphatic rings. The molecule has 110 valence electrons. The summed E-state index contributed by atoms with van der Waals surface area (Å²) < 4.78 is 1.47. The molecule has 1 aromatic carbocycles. The minimum Gasteiger partial charge on any atom is -0.479 e. The number of aromatic nitrogens is 2. The molecule has 0 aliphatic carbocycles. The fourth-order valence-electron chi connectivity index (χ4n) is 1.95. The quantitative estimate of drug-likeness (QED) is 0.723. The first-order valence-corrected chi connectivity index (χ1v) is 6.27. The van der Waals surface area contributed by atoms with Crippen LogP contribution in [0.4, 0.5) is 5.69 Å². The predicted molar refractivity (Wildman–Crippen MR) is 76.6 cm³/mol. The zero-order valence-corrected chi connectivity index (χ0v) is 11.7. The average molecular weight is 288 g/mol. The molecule has 0 saturated carbocycles. The maximum atomic E-state index is 12.2. The van der Waals surface area contributed by atoms with Crippen LogP contribution in [0.1, 0.15) is 27.5 Å². The van der Waals surface area contributed by atoms with Crippen LogP contribution in [0, 0.1) is 6.92 Å². The Hall–Kier alpha value is -2.83. The lowest BCUT2D eigenvalue weighted by Gasteiger charge is -2.14. The number of nitrogens with two attached hydrogens (primary N) is 1. The van der Waals surface area contributed by atoms with E-state index >= 15 is 0 Å². The number of aliphatic carboxylic acids is 1. The van der Waals surface area contributed by atoms with Crippen molar-refractivity contribution in [3.8, 4) is 0 Å². The third-order valence-electron chi connectivity index (χ3n) is 3.03. The number of carboxylic acid groups (broad SMARTS) is 1. The Bertz CT molecular complexity index is 693. The molecule has 1 aromatic heterocycles. The van der Waals surface area contributed by atoms with Crippen LogP contribution in [0.2, 0.25) is 0 Å². The zero-order valence-electron chi connectivity index (χ0n) is 11.7. The number of nitrogen functional groups attached to an aromatic ring is 1. The Kier molecular flexibility index (Phi) is 3.93. The van der Waals surface area contributed by atoms with Crippen LogP contribution >= 0.6 is 0 Å². The summed E-state index contributed by atoms with van der Waals surface area (Å²) in [5, 5.41) is 15.6. The summed E-state index contributed by atoms with van der Waals surface area (Å²) in [5.41, 5.74) is 7.57. The highest BCUT2D eigenvalue weighted by atomic mass is 16.4. The van der Waals surface area contributed by atoms with Gasteiger partial charge < -0.3 is 16.2 Å². The minimum atomic E-state index is -1.17. The maximum Gasteiger partial charge on any atom is 0.331 e. The molecule has 1 amide bonds. The van der Waals surface area contributed by atoms with Gasteiger partial charge in [-0.3, -0.25) is 9.48 Å². The van der Waals surface area contributed by atoms with Gasteiger partial charge in [0.1, 0.15) is 0 Å². The van der Waals surface area contributed by atoms with E-state index in [1.807, 2.05) is 6.92 Å². The van der Waals surface area contributed by atoms with Crippen LogP contribution in [0.3, 0.4) is 0 Å². The average Bonchev–Trinajstić information content (AvgIpc) is 2.84. The molecule has 4 N–H and O–H groups in total. The third-order valence-corrected chi connectivity index (χ3v) is 3.03. The summed E-state index contributed by atoms with van der Waals surface area (Å²) in [7, 11) is 1.67. The van der Waals surface area contributed by atoms with Gasteiger partial charge >= 0.3 is 5.97 Å². The number of amides is 1. The van der Waals surface area contributed by atoms with Crippen LogP contribution in [-0.4, -0.2) is 26.8 Å². The highest BCUT2D eigenvalue weighted by molar-refractivity contribution is 6.01. The smallest absolute Gasteiger partial charge is 0.331 e. The van der Waals surface area contributed by atoms with Crippen LogP contribution in [0.5, 0.6) is 0 Å². The lowest BCUT2D eigenvalue weighted by atomic mass is 10.1. The monoisotopic (exact) mass is 288 g/mol. The summed E-state index contributed by atoms with van der Waals surface area (Å²) in [4.78, 5) is 23.6. The van der Waals surface area contributed by atoms with E-state index in [0.717, 1.165) is 5.56 Å². The summed E-state index contributed by atoms with van der Waals surface area (Å²) in [6.45, 7) is 1.83. The van der Waals surface area contributed by atoms with Crippen LogP contribution < -0.4 is 11.1 Å². The van der Waals surface area contributed by atoms with Crippen molar-refractivity contribution in [2.75, 3.05) is 5.73 Å². The van der Waals surface area contributed by atoms with Crippen LogP contribution in [0.15, 0.2) is 30.6 Å². The van der Waals surface area contributed by atoms with Gasteiger partial charge in [-0.25, -0.2) is 4.79 Å². The molecule has 0 bridgehead atoms. The fourth-order valence-corrected chi connectivity index (χ4v) is 1.95. The number of aryl methyl sites for hydroxylation is 2. The summed E-state index contributed by atoms with van der Waals surface area (Å²) >= 11 is 0. The van der Waals surface area contributed by atoms with Gasteiger partial charge in [-0.15, -0.1) is 0 Å². The molecular formula is C14H16N4O3. The minimum absolute atomic E-state index is 0.255. The van der Waals surface area contributed by atoms with Crippen LogP contribution in [-0.2, 0) is 11.8 Å². The van der Waals surface area contributed by atoms with Gasteiger partial charge in [-0.05, 0) is 19.1 Å². The van der Waals surface area contributed by atoms with E-state index in [9.17, 15) is 14.7 Å². The largest absolute Gasteiger partial charge is 0.479 e. The Morgan fingerprint density at radius 3 is 2.71 bits per heavy atom. The number of carboxylic acids is 1. The van der Waals surface area contributed by atoms with Crippen molar-refractivity contribution in [3.05, 3.63) is 47.3 Å². The molecule has 0 spiro atoms. The summed E-state index contributed by atoms with van der Waals surface area (Å²) in [6, 6.07) is 3.84. The number of hydrogen-bond acceptors (Lipinski definition) is 4. The van der Waals surface area contributed by atoms with E-state index in [1.54, 1.807) is 31.4 Å². The number of carbonyl (C=O) groups is 2. The Morgan fingerprint density at radius 2 is 2.14 bits per heavy atom. The summed E-state index contributed by atoms with van der Waals surface area (Å²) in [5.74, 6) is -1.70. The normalized spacial score (nSPS) is 11.9. The third kappa shape index (κ3) is 3.19. The van der Waals surface area contributed by atoms with Crippen molar-refractivity contribution in [1.82, 2.24) is 15.1 Å². The van der Waals surface area contributed by atoms with Gasteiger partial charge in [0, 0.05) is 24.5 Å². The van der Waals surface area contributed by atoms with E-state index in [-0.39, 0.29) is 5.56 Å². The van der Waals surface area contributed by atoms with E-state index < -0.39 is 17.9 Å². The van der Waals surface area contributed by atoms with E-state index in [4.69, 9.17) is 5.73 Å². The van der Waals surface area contributed by atoms with Crippen LogP contribution in [0.25, 0.3) is 0 Å². The Labute approximate surface area is 121 Å². The molecule has 7 nitrogen and oxygen atoms in total. The predicted octanol–water partition coefficient (Wildman–Crippen LogP) is 0.866. The number of nitrogens with one attached hydrogen (secondary N) is 1. The molecule has 7 heteroatoms. The SMILES string of the molecule is Cc1ccc(N)c(C(=O)NC(C(=O)O)c2cnn(C)c2)c1. The summed E-state index contributed by atoms with van der Waals surface area (Å²) in [6.07, 6.45) is 2.94. The second-order valence-electron chi connectivity index (χ2n) is 4.78. The highest BCUT2D eigenvalue weighted by Gasteiger charge is 2.24. The maximum absolute atomic E-state index is 12.2. The number of anilines is 1. The van der Waals surface area contributed by atoms with Gasteiger partial charge in [0.15, 0.2) is 6.04 Å². The van der Waals surface area contributed by atoms with Gasteiger partial charge in [0.2, 0.25) is 0 Å². The Balaban J connectivity index is 2.27. The lowest BCUT2D eigenvalue weighted by molar-refractivity contribution is -0.139. The van der Waals surface area contributed by atoms with Gasteiger partial charge in [-0.2, -0.15) is 5.10 Å². The molecule has 1 atom stereocenters. The second-order valence-corrected chi connectivity index (χ2v) is 4.78. The van der Waals surface area contributed by atoms with Crippen molar-refractivity contribution in [1.29, 1.82) is 0 Å². The van der Waals surface area contributed by atoms with Crippen molar-refractivity contribution >= 4 is 17.6 Å². The molecule has 0 fully saturated rings. The highest BCUT2D eigenvalue weighted by Crippen LogP contribution is 2.17. The number of hydrogen-bond donors (Lipinski definition) is 3. The van der Waals surface area contributed by atoms with Crippen molar-refractivity contribution in [3.63, 3.8) is 0 Å². The zero-order chi connectivity index (χ0) is 15.6. The number of benzene rings is 1. The molecule has 2 rings (SSSR count). The second kappa shape index (κ2) is 5.66. The first-order valence-electron chi connectivity index (χ1n) is 6.27. The van der Waals surface area contributed by atoms with Crippen molar-refractivity contribution < 1.29 is 14.7 Å². The molecule has 0 radical (unpaired) electrons. The van der Waals surface area contributed by atoms with E-state index in [2.05, 4.69) is 10.4 Å². The fraction of sp³-hybridized carbons (Fsp3) is 0.214. The Morgan fingerprint density at radius 1 is 1.43 bits per heavy atom. The molecule has 2 aromatic rings. The number of rotatable bonds is 4. The van der Waals surface area contributed by atoms with Gasteiger partial charge in [0.05, 0.1) is 11.8 Å². The van der Waals surface area contributed by atoms with E-state index in [0.29, 0.717) is 11.3 Å². The standard InChI is InChI=1S/C14H16N4O3/c1-8-3-4-11(15)10(5-8)13(19)17-12(14(20)21)9-6-16-18(2)7-9/h3-7,12H,15H2,1-2H3,(H,17,19)(H,20,21). The number of carbonyl (C=O) groups excluding carboxylic acids is 1. The number of nitrogens with zero attached hydrogens (tertiary/aromatic N) is 2. The van der Waals surface area contributed by atoms with Crippen molar-refractivity contribution in [2.24, 2.45) is 7.05 Å². The molecule has 0 saturated heterocycles. The topological polar surface area (TPSA) is 110 Å². The van der Waals surface area contributed by atoms with Gasteiger partial charge in [-0.1, -0.05) is 11.6 Å².